The SMILES string of the molecule is CCc1cc(N2CCCC(NC(=O)c3cc(N4CCCC4)ccn3)C2)ncn1. The number of carbonyl (C=O) groups is 1. The molecule has 7 nitrogen and oxygen atoms in total. The standard InChI is InChI=1S/C21H28N6O/c1-2-16-12-20(24-15-23-16)27-11-5-6-17(14-27)25-21(28)19-13-18(7-8-22-19)26-9-3-4-10-26/h7-8,12-13,15,17H,2-6,9-11,14H2,1H3,(H,25,28). The third kappa shape index (κ3) is 4.24. The molecule has 2 aromatic heterocycles. The minimum Gasteiger partial charge on any atom is -0.371 e. The van der Waals surface area contributed by atoms with Gasteiger partial charge in [0.1, 0.15) is 17.8 Å². The van der Waals surface area contributed by atoms with Crippen molar-refractivity contribution < 1.29 is 4.79 Å². The largest absolute Gasteiger partial charge is 0.371 e. The number of hydrogen-bond acceptors (Lipinski definition) is 6. The zero-order valence-corrected chi connectivity index (χ0v) is 16.5. The number of anilines is 2. The Bertz CT molecular complexity index is 820. The van der Waals surface area contributed by atoms with Gasteiger partial charge in [0.25, 0.3) is 5.91 Å². The molecule has 0 aliphatic carbocycles. The van der Waals surface area contributed by atoms with Crippen LogP contribution in [-0.4, -0.2) is 53.1 Å². The molecule has 28 heavy (non-hydrogen) atoms. The number of aryl methyl sites for hydroxylation is 1. The summed E-state index contributed by atoms with van der Waals surface area (Å²) in [6.45, 7) is 5.92. The van der Waals surface area contributed by atoms with Crippen molar-refractivity contribution in [2.45, 2.75) is 45.1 Å². The molecule has 0 bridgehead atoms. The monoisotopic (exact) mass is 380 g/mol. The molecule has 2 fully saturated rings. The maximum Gasteiger partial charge on any atom is 0.270 e. The van der Waals surface area contributed by atoms with Crippen LogP contribution in [0.5, 0.6) is 0 Å². The highest BCUT2D eigenvalue weighted by atomic mass is 16.1. The Labute approximate surface area is 166 Å². The van der Waals surface area contributed by atoms with E-state index in [1.54, 1.807) is 12.5 Å². The number of piperidine rings is 1. The number of pyridine rings is 1. The first-order valence-electron chi connectivity index (χ1n) is 10.3. The van der Waals surface area contributed by atoms with Crippen molar-refractivity contribution in [3.63, 3.8) is 0 Å². The maximum absolute atomic E-state index is 12.8. The predicted octanol–water partition coefficient (Wildman–Crippen LogP) is 2.43. The number of rotatable bonds is 5. The Morgan fingerprint density at radius 1 is 1.11 bits per heavy atom. The van der Waals surface area contributed by atoms with Crippen LogP contribution in [0.1, 0.15) is 48.8 Å². The van der Waals surface area contributed by atoms with Gasteiger partial charge in [-0.15, -0.1) is 0 Å². The van der Waals surface area contributed by atoms with Crippen LogP contribution < -0.4 is 15.1 Å². The van der Waals surface area contributed by atoms with Gasteiger partial charge in [-0.05, 0) is 44.2 Å². The zero-order valence-electron chi connectivity index (χ0n) is 16.5. The summed E-state index contributed by atoms with van der Waals surface area (Å²) >= 11 is 0. The van der Waals surface area contributed by atoms with Gasteiger partial charge in [0.05, 0.1) is 0 Å². The minimum atomic E-state index is -0.0927. The molecule has 2 aliphatic heterocycles. The molecule has 4 heterocycles. The molecule has 1 N–H and O–H groups in total. The molecule has 1 unspecified atom stereocenters. The highest BCUT2D eigenvalue weighted by Crippen LogP contribution is 2.21. The second-order valence-corrected chi connectivity index (χ2v) is 7.57. The predicted molar refractivity (Wildman–Crippen MR) is 110 cm³/mol. The van der Waals surface area contributed by atoms with E-state index in [0.717, 1.165) is 62.6 Å². The topological polar surface area (TPSA) is 74.2 Å². The lowest BCUT2D eigenvalue weighted by Gasteiger charge is -2.34. The first-order chi connectivity index (χ1) is 13.7. The van der Waals surface area contributed by atoms with E-state index in [1.807, 2.05) is 18.2 Å². The van der Waals surface area contributed by atoms with E-state index in [4.69, 9.17) is 0 Å². The Kier molecular flexibility index (Phi) is 5.69. The molecule has 2 saturated heterocycles. The minimum absolute atomic E-state index is 0.0927. The van der Waals surface area contributed by atoms with Gasteiger partial charge in [-0.2, -0.15) is 0 Å². The fourth-order valence-electron chi connectivity index (χ4n) is 4.03. The third-order valence-electron chi connectivity index (χ3n) is 5.60. The van der Waals surface area contributed by atoms with E-state index in [0.29, 0.717) is 5.69 Å². The molecule has 4 rings (SSSR count). The number of aromatic nitrogens is 3. The lowest BCUT2D eigenvalue weighted by Crippen LogP contribution is -2.48. The Hall–Kier alpha value is -2.70. The van der Waals surface area contributed by atoms with Gasteiger partial charge in [-0.1, -0.05) is 6.92 Å². The summed E-state index contributed by atoms with van der Waals surface area (Å²) in [6.07, 6.45) is 8.68. The van der Waals surface area contributed by atoms with E-state index in [1.165, 1.54) is 12.8 Å². The molecule has 2 aromatic rings. The highest BCUT2D eigenvalue weighted by Gasteiger charge is 2.24. The first kappa shape index (κ1) is 18.7. The van der Waals surface area contributed by atoms with Crippen LogP contribution in [0, 0.1) is 0 Å². The summed E-state index contributed by atoms with van der Waals surface area (Å²) in [5.74, 6) is 0.852. The number of nitrogens with zero attached hydrogens (tertiary/aromatic N) is 5. The number of hydrogen-bond donors (Lipinski definition) is 1. The average Bonchev–Trinajstić information content (AvgIpc) is 3.29. The van der Waals surface area contributed by atoms with Crippen LogP contribution in [0.3, 0.4) is 0 Å². The number of nitrogens with one attached hydrogen (secondary N) is 1. The lowest BCUT2D eigenvalue weighted by atomic mass is 10.1. The summed E-state index contributed by atoms with van der Waals surface area (Å²) in [7, 11) is 0. The molecule has 0 aromatic carbocycles. The molecule has 148 valence electrons. The summed E-state index contributed by atoms with van der Waals surface area (Å²) in [4.78, 5) is 30.4. The van der Waals surface area contributed by atoms with E-state index in [9.17, 15) is 4.79 Å². The lowest BCUT2D eigenvalue weighted by molar-refractivity contribution is 0.0928. The molecule has 0 radical (unpaired) electrons. The van der Waals surface area contributed by atoms with E-state index >= 15 is 0 Å². The maximum atomic E-state index is 12.8. The van der Waals surface area contributed by atoms with Crippen LogP contribution in [0.15, 0.2) is 30.7 Å². The van der Waals surface area contributed by atoms with Crippen LogP contribution in [-0.2, 0) is 6.42 Å². The molecular formula is C21H28N6O. The van der Waals surface area contributed by atoms with Gasteiger partial charge in [-0.3, -0.25) is 9.78 Å². The van der Waals surface area contributed by atoms with Crippen molar-refractivity contribution in [1.29, 1.82) is 0 Å². The van der Waals surface area contributed by atoms with Crippen LogP contribution >= 0.6 is 0 Å². The molecule has 1 amide bonds. The normalized spacial score (nSPS) is 19.7. The summed E-state index contributed by atoms with van der Waals surface area (Å²) in [5, 5.41) is 3.18. The van der Waals surface area contributed by atoms with Crippen LogP contribution in [0.25, 0.3) is 0 Å². The molecule has 0 spiro atoms. The molecule has 7 heteroatoms. The second-order valence-electron chi connectivity index (χ2n) is 7.57. The Morgan fingerprint density at radius 2 is 1.93 bits per heavy atom. The van der Waals surface area contributed by atoms with Gasteiger partial charge >= 0.3 is 0 Å². The van der Waals surface area contributed by atoms with Gasteiger partial charge in [0.15, 0.2) is 0 Å². The van der Waals surface area contributed by atoms with Crippen molar-refractivity contribution in [3.8, 4) is 0 Å². The Morgan fingerprint density at radius 3 is 2.75 bits per heavy atom. The third-order valence-corrected chi connectivity index (χ3v) is 5.60. The fourth-order valence-corrected chi connectivity index (χ4v) is 4.03. The molecule has 1 atom stereocenters. The van der Waals surface area contributed by atoms with Crippen molar-refractivity contribution in [3.05, 3.63) is 42.1 Å². The van der Waals surface area contributed by atoms with Gasteiger partial charge in [0, 0.05) is 55.9 Å². The summed E-state index contributed by atoms with van der Waals surface area (Å²) < 4.78 is 0. The van der Waals surface area contributed by atoms with Gasteiger partial charge in [0.2, 0.25) is 0 Å². The summed E-state index contributed by atoms with van der Waals surface area (Å²) in [5.41, 5.74) is 2.63. The first-order valence-corrected chi connectivity index (χ1v) is 10.3. The van der Waals surface area contributed by atoms with E-state index in [-0.39, 0.29) is 11.9 Å². The highest BCUT2D eigenvalue weighted by molar-refractivity contribution is 5.93. The van der Waals surface area contributed by atoms with Gasteiger partial charge in [-0.25, -0.2) is 9.97 Å². The molecular weight excluding hydrogens is 352 g/mol. The summed E-state index contributed by atoms with van der Waals surface area (Å²) in [6, 6.07) is 6.05. The van der Waals surface area contributed by atoms with E-state index < -0.39 is 0 Å². The smallest absolute Gasteiger partial charge is 0.270 e. The second kappa shape index (κ2) is 8.54. The van der Waals surface area contributed by atoms with E-state index in [2.05, 4.69) is 37.0 Å². The fraction of sp³-hybridized carbons (Fsp3) is 0.524. The average molecular weight is 380 g/mol. The quantitative estimate of drug-likeness (QED) is 0.859. The molecule has 2 aliphatic rings. The Balaban J connectivity index is 1.40. The number of carbonyl (C=O) groups excluding carboxylic acids is 1. The van der Waals surface area contributed by atoms with Crippen molar-refractivity contribution >= 4 is 17.4 Å². The van der Waals surface area contributed by atoms with Gasteiger partial charge < -0.3 is 15.1 Å². The molecule has 0 saturated carbocycles. The van der Waals surface area contributed by atoms with Crippen molar-refractivity contribution in [2.24, 2.45) is 0 Å². The van der Waals surface area contributed by atoms with Crippen LogP contribution in [0.2, 0.25) is 0 Å². The zero-order chi connectivity index (χ0) is 19.3. The number of amides is 1. The van der Waals surface area contributed by atoms with Crippen LogP contribution in [0.4, 0.5) is 11.5 Å². The van der Waals surface area contributed by atoms with Crippen molar-refractivity contribution in [1.82, 2.24) is 20.3 Å². The van der Waals surface area contributed by atoms with Crippen molar-refractivity contribution in [2.75, 3.05) is 36.0 Å².